The first-order valence-corrected chi connectivity index (χ1v) is 11.9. The molecule has 0 aliphatic heterocycles. The first-order valence-electron chi connectivity index (χ1n) is 11.9. The molecule has 4 aromatic rings. The molecule has 0 unspecified atom stereocenters. The molecule has 4 rings (SSSR count). The Morgan fingerprint density at radius 2 is 1.70 bits per heavy atom. The largest absolute Gasteiger partial charge is 0.299 e. The molecule has 0 radical (unpaired) electrons. The summed E-state index contributed by atoms with van der Waals surface area (Å²) in [5.41, 5.74) is 1.00. The molecule has 0 bridgehead atoms. The summed E-state index contributed by atoms with van der Waals surface area (Å²) < 4.78 is 56.2. The lowest BCUT2D eigenvalue weighted by molar-refractivity contribution is 0.140. The van der Waals surface area contributed by atoms with Crippen molar-refractivity contribution in [2.24, 2.45) is 5.92 Å². The highest BCUT2D eigenvalue weighted by Gasteiger charge is 2.39. The highest BCUT2D eigenvalue weighted by Crippen LogP contribution is 2.42. The Labute approximate surface area is 212 Å². The van der Waals surface area contributed by atoms with Gasteiger partial charge in [-0.1, -0.05) is 33.8 Å². The van der Waals surface area contributed by atoms with Crippen LogP contribution in [0.5, 0.6) is 0 Å². The summed E-state index contributed by atoms with van der Waals surface area (Å²) in [5.74, 6) is -2.06. The number of rotatable bonds is 8. The molecule has 3 aromatic heterocycles. The molecule has 0 saturated heterocycles. The first-order chi connectivity index (χ1) is 17.6. The predicted molar refractivity (Wildman–Crippen MR) is 129 cm³/mol. The topological polar surface area (TPSA) is 82.3 Å². The van der Waals surface area contributed by atoms with E-state index in [4.69, 9.17) is 0 Å². The predicted octanol–water partition coefficient (Wildman–Crippen LogP) is 6.21. The summed E-state index contributed by atoms with van der Waals surface area (Å²) in [7, 11) is 0. The van der Waals surface area contributed by atoms with Crippen molar-refractivity contribution in [2.45, 2.75) is 58.8 Å². The van der Waals surface area contributed by atoms with Crippen molar-refractivity contribution in [3.8, 4) is 17.2 Å². The SMILES string of the molecule is CC[C@H](C)c1cc(-c2c(F)cccc2F)nnc1[C@](C)(c1ccnc(-n2cnc(C(F)F)n2)n1)C(C)C. The zero-order valence-corrected chi connectivity index (χ0v) is 21.1. The van der Waals surface area contributed by atoms with Gasteiger partial charge in [0, 0.05) is 6.20 Å². The van der Waals surface area contributed by atoms with Gasteiger partial charge in [-0.05, 0) is 55.0 Å². The van der Waals surface area contributed by atoms with E-state index in [1.54, 1.807) is 12.1 Å². The lowest BCUT2D eigenvalue weighted by Gasteiger charge is -2.35. The highest BCUT2D eigenvalue weighted by molar-refractivity contribution is 5.62. The van der Waals surface area contributed by atoms with Crippen LogP contribution in [0.3, 0.4) is 0 Å². The number of hydrogen-bond acceptors (Lipinski definition) is 6. The van der Waals surface area contributed by atoms with Crippen LogP contribution in [-0.4, -0.2) is 34.9 Å². The van der Waals surface area contributed by atoms with Gasteiger partial charge in [-0.2, -0.15) is 9.78 Å². The second-order valence-corrected chi connectivity index (χ2v) is 9.39. The lowest BCUT2D eigenvalue weighted by atomic mass is 9.70. The monoisotopic (exact) mass is 513 g/mol. The molecule has 0 saturated carbocycles. The summed E-state index contributed by atoms with van der Waals surface area (Å²) in [6.45, 7) is 9.97. The minimum Gasteiger partial charge on any atom is -0.220 e. The average Bonchev–Trinajstić information content (AvgIpc) is 3.38. The van der Waals surface area contributed by atoms with E-state index in [0.717, 1.165) is 23.0 Å². The van der Waals surface area contributed by atoms with E-state index in [1.807, 2.05) is 34.6 Å². The molecule has 0 spiro atoms. The lowest BCUT2D eigenvalue weighted by Crippen LogP contribution is -2.35. The van der Waals surface area contributed by atoms with Crippen LogP contribution in [0, 0.1) is 17.6 Å². The maximum atomic E-state index is 14.6. The molecule has 11 heteroatoms. The van der Waals surface area contributed by atoms with Gasteiger partial charge in [-0.25, -0.2) is 32.5 Å². The molecule has 3 heterocycles. The average molecular weight is 514 g/mol. The van der Waals surface area contributed by atoms with E-state index in [1.165, 1.54) is 24.4 Å². The maximum absolute atomic E-state index is 14.6. The molecular formula is C26H27F4N7. The summed E-state index contributed by atoms with van der Waals surface area (Å²) in [6, 6.07) is 7.07. The Morgan fingerprint density at radius 1 is 1.00 bits per heavy atom. The normalized spacial score (nSPS) is 14.2. The van der Waals surface area contributed by atoms with Crippen molar-refractivity contribution in [3.05, 3.63) is 77.3 Å². The smallest absolute Gasteiger partial charge is 0.220 e. The second-order valence-electron chi connectivity index (χ2n) is 9.39. The minimum absolute atomic E-state index is 0.0117. The zero-order chi connectivity index (χ0) is 26.9. The molecular weight excluding hydrogens is 486 g/mol. The fourth-order valence-electron chi connectivity index (χ4n) is 4.18. The fraction of sp³-hybridized carbons (Fsp3) is 0.385. The summed E-state index contributed by atoms with van der Waals surface area (Å²) >= 11 is 0. The van der Waals surface area contributed by atoms with Crippen LogP contribution in [0.1, 0.15) is 76.2 Å². The molecule has 0 aliphatic carbocycles. The number of halogens is 4. The number of alkyl halides is 2. The minimum atomic E-state index is -2.82. The van der Waals surface area contributed by atoms with Crippen LogP contribution >= 0.6 is 0 Å². The standard InChI is InChI=1S/C26H27F4N7/c1-6-15(4)16-12-19(21-17(27)8-7-9-18(21)28)34-35-22(16)26(5,14(2)3)20-10-11-31-25(33-20)37-13-32-24(36-37)23(29)30/h7-15,23H,6H2,1-5H3/t15-,26-/m0/s1. The Bertz CT molecular complexity index is 1390. The van der Waals surface area contributed by atoms with Gasteiger partial charge in [0.1, 0.15) is 18.0 Å². The van der Waals surface area contributed by atoms with Gasteiger partial charge < -0.3 is 0 Å². The van der Waals surface area contributed by atoms with Crippen molar-refractivity contribution >= 4 is 0 Å². The van der Waals surface area contributed by atoms with Crippen molar-refractivity contribution in [1.82, 2.24) is 34.9 Å². The molecule has 194 valence electrons. The van der Waals surface area contributed by atoms with Gasteiger partial charge in [0.05, 0.1) is 28.1 Å². The van der Waals surface area contributed by atoms with Crippen molar-refractivity contribution in [1.29, 1.82) is 0 Å². The Kier molecular flexibility index (Phi) is 7.33. The van der Waals surface area contributed by atoms with Gasteiger partial charge >= 0.3 is 0 Å². The van der Waals surface area contributed by atoms with Gasteiger partial charge in [-0.3, -0.25) is 0 Å². The summed E-state index contributed by atoms with van der Waals surface area (Å²) in [5, 5.41) is 12.5. The molecule has 2 atom stereocenters. The van der Waals surface area contributed by atoms with Crippen LogP contribution in [0.15, 0.2) is 42.9 Å². The zero-order valence-electron chi connectivity index (χ0n) is 21.1. The summed E-state index contributed by atoms with van der Waals surface area (Å²) in [6.07, 6.45) is 0.574. The fourth-order valence-corrected chi connectivity index (χ4v) is 4.18. The second kappa shape index (κ2) is 10.3. The van der Waals surface area contributed by atoms with Gasteiger partial charge in [0.15, 0.2) is 0 Å². The Morgan fingerprint density at radius 3 is 2.30 bits per heavy atom. The quantitative estimate of drug-likeness (QED) is 0.261. The van der Waals surface area contributed by atoms with Crippen LogP contribution in [0.2, 0.25) is 0 Å². The van der Waals surface area contributed by atoms with E-state index in [0.29, 0.717) is 11.4 Å². The van der Waals surface area contributed by atoms with Gasteiger partial charge in [0.25, 0.3) is 12.4 Å². The van der Waals surface area contributed by atoms with E-state index in [2.05, 4.69) is 30.2 Å². The van der Waals surface area contributed by atoms with E-state index in [-0.39, 0.29) is 29.0 Å². The van der Waals surface area contributed by atoms with E-state index < -0.39 is 29.3 Å². The van der Waals surface area contributed by atoms with Crippen LogP contribution in [0.4, 0.5) is 17.6 Å². The third-order valence-corrected chi connectivity index (χ3v) is 6.92. The molecule has 0 N–H and O–H groups in total. The third kappa shape index (κ3) is 4.82. The Balaban J connectivity index is 1.89. The highest BCUT2D eigenvalue weighted by atomic mass is 19.3. The number of aromatic nitrogens is 7. The number of hydrogen-bond donors (Lipinski definition) is 0. The van der Waals surface area contributed by atoms with Gasteiger partial charge in [0.2, 0.25) is 5.82 Å². The van der Waals surface area contributed by atoms with E-state index >= 15 is 0 Å². The molecule has 0 aliphatic rings. The molecule has 0 amide bonds. The molecule has 0 fully saturated rings. The summed E-state index contributed by atoms with van der Waals surface area (Å²) in [4.78, 5) is 12.4. The number of nitrogens with zero attached hydrogens (tertiary/aromatic N) is 7. The van der Waals surface area contributed by atoms with Crippen LogP contribution in [0.25, 0.3) is 17.2 Å². The number of benzene rings is 1. The van der Waals surface area contributed by atoms with E-state index in [9.17, 15) is 17.6 Å². The molecule has 7 nitrogen and oxygen atoms in total. The van der Waals surface area contributed by atoms with Crippen molar-refractivity contribution in [3.63, 3.8) is 0 Å². The van der Waals surface area contributed by atoms with Crippen molar-refractivity contribution < 1.29 is 17.6 Å². The van der Waals surface area contributed by atoms with Crippen LogP contribution in [-0.2, 0) is 5.41 Å². The van der Waals surface area contributed by atoms with Gasteiger partial charge in [-0.15, -0.1) is 10.2 Å². The van der Waals surface area contributed by atoms with Crippen LogP contribution < -0.4 is 0 Å². The Hall–Kier alpha value is -3.76. The first kappa shape index (κ1) is 26.3. The van der Waals surface area contributed by atoms with Crippen molar-refractivity contribution in [2.75, 3.05) is 0 Å². The maximum Gasteiger partial charge on any atom is 0.299 e. The third-order valence-electron chi connectivity index (χ3n) is 6.92. The molecule has 1 aromatic carbocycles. The molecule has 37 heavy (non-hydrogen) atoms.